The van der Waals surface area contributed by atoms with E-state index in [1.54, 1.807) is 12.1 Å². The summed E-state index contributed by atoms with van der Waals surface area (Å²) < 4.78 is 13.6. The highest BCUT2D eigenvalue weighted by molar-refractivity contribution is 9.10. The molecule has 0 aliphatic carbocycles. The van der Waals surface area contributed by atoms with Crippen LogP contribution in [-0.4, -0.2) is 0 Å². The summed E-state index contributed by atoms with van der Waals surface area (Å²) in [6, 6.07) is 13.1. The fourth-order valence-corrected chi connectivity index (χ4v) is 2.46. The van der Waals surface area contributed by atoms with Crippen molar-refractivity contribution in [2.75, 3.05) is 0 Å². The molecule has 0 aromatic heterocycles. The third kappa shape index (κ3) is 2.93. The number of halogens is 3. The van der Waals surface area contributed by atoms with E-state index in [1.807, 2.05) is 12.1 Å². The van der Waals surface area contributed by atoms with Crippen LogP contribution in [0.25, 0.3) is 0 Å². The molecule has 18 heavy (non-hydrogen) atoms. The summed E-state index contributed by atoms with van der Waals surface area (Å²) in [6.45, 7) is 2.12. The summed E-state index contributed by atoms with van der Waals surface area (Å²) in [5.41, 5.74) is 3.18. The second-order valence-electron chi connectivity index (χ2n) is 4.13. The topological polar surface area (TPSA) is 0 Å². The average Bonchev–Trinajstić information content (AvgIpc) is 2.41. The van der Waals surface area contributed by atoms with Crippen LogP contribution in [0.3, 0.4) is 0 Å². The van der Waals surface area contributed by atoms with E-state index in [0.717, 1.165) is 17.5 Å². The normalized spacial score (nSPS) is 12.4. The summed E-state index contributed by atoms with van der Waals surface area (Å²) >= 11 is 9.58. The average molecular weight is 328 g/mol. The lowest BCUT2D eigenvalue weighted by atomic mass is 10.0. The molecule has 2 aromatic rings. The Labute approximate surface area is 120 Å². The molecule has 0 aliphatic heterocycles. The van der Waals surface area contributed by atoms with Crippen LogP contribution >= 0.6 is 27.5 Å². The molecule has 0 saturated heterocycles. The van der Waals surface area contributed by atoms with E-state index in [9.17, 15) is 4.39 Å². The van der Waals surface area contributed by atoms with Gasteiger partial charge in [-0.25, -0.2) is 4.39 Å². The highest BCUT2D eigenvalue weighted by atomic mass is 79.9. The molecule has 0 amide bonds. The van der Waals surface area contributed by atoms with Crippen LogP contribution in [0, 0.1) is 5.82 Å². The molecule has 0 bridgehead atoms. The SMILES string of the molecule is CCc1ccc(C(Cl)c2ccc(F)c(Br)c2)cc1. The fourth-order valence-electron chi connectivity index (χ4n) is 1.78. The summed E-state index contributed by atoms with van der Waals surface area (Å²) in [5.74, 6) is -0.274. The Kier molecular flexibility index (Phi) is 4.41. The zero-order chi connectivity index (χ0) is 13.1. The first-order valence-electron chi connectivity index (χ1n) is 5.79. The number of aryl methyl sites for hydroxylation is 1. The molecule has 2 aromatic carbocycles. The molecule has 1 atom stereocenters. The fraction of sp³-hybridized carbons (Fsp3) is 0.200. The summed E-state index contributed by atoms with van der Waals surface area (Å²) in [5, 5.41) is -0.257. The van der Waals surface area contributed by atoms with E-state index in [2.05, 4.69) is 35.0 Å². The van der Waals surface area contributed by atoms with Gasteiger partial charge in [-0.2, -0.15) is 0 Å². The smallest absolute Gasteiger partial charge is 0.137 e. The van der Waals surface area contributed by atoms with Crippen molar-refractivity contribution in [1.82, 2.24) is 0 Å². The molecule has 3 heteroatoms. The molecule has 0 aliphatic rings. The first kappa shape index (κ1) is 13.6. The lowest BCUT2D eigenvalue weighted by Gasteiger charge is -2.11. The van der Waals surface area contributed by atoms with Gasteiger partial charge in [-0.1, -0.05) is 37.3 Å². The third-order valence-electron chi connectivity index (χ3n) is 2.92. The van der Waals surface area contributed by atoms with Crippen molar-refractivity contribution in [3.8, 4) is 0 Å². The molecule has 0 fully saturated rings. The maximum absolute atomic E-state index is 13.2. The van der Waals surface area contributed by atoms with Gasteiger partial charge in [0.05, 0.1) is 9.85 Å². The minimum Gasteiger partial charge on any atom is -0.206 e. The van der Waals surface area contributed by atoms with Crippen LogP contribution in [0.1, 0.15) is 29.0 Å². The van der Waals surface area contributed by atoms with Crippen molar-refractivity contribution in [1.29, 1.82) is 0 Å². The van der Waals surface area contributed by atoms with Crippen molar-refractivity contribution < 1.29 is 4.39 Å². The van der Waals surface area contributed by atoms with E-state index >= 15 is 0 Å². The largest absolute Gasteiger partial charge is 0.206 e. The van der Waals surface area contributed by atoms with Crippen molar-refractivity contribution >= 4 is 27.5 Å². The highest BCUT2D eigenvalue weighted by Gasteiger charge is 2.12. The molecule has 2 rings (SSSR count). The van der Waals surface area contributed by atoms with E-state index in [4.69, 9.17) is 11.6 Å². The van der Waals surface area contributed by atoms with Crippen molar-refractivity contribution in [2.24, 2.45) is 0 Å². The standard InChI is InChI=1S/C15H13BrClF/c1-2-10-3-5-11(6-4-10)15(17)12-7-8-14(18)13(16)9-12/h3-9,15H,2H2,1H3. The number of rotatable bonds is 3. The van der Waals surface area contributed by atoms with E-state index < -0.39 is 0 Å². The first-order chi connectivity index (χ1) is 8.61. The maximum atomic E-state index is 13.2. The number of hydrogen-bond donors (Lipinski definition) is 0. The summed E-state index contributed by atoms with van der Waals surface area (Å²) in [6.07, 6.45) is 1.01. The van der Waals surface area contributed by atoms with Gasteiger partial charge in [0.1, 0.15) is 5.82 Å². The molecule has 0 radical (unpaired) electrons. The Morgan fingerprint density at radius 3 is 2.28 bits per heavy atom. The van der Waals surface area contributed by atoms with E-state index in [-0.39, 0.29) is 11.2 Å². The predicted octanol–water partition coefficient (Wildman–Crippen LogP) is 5.48. The molecule has 94 valence electrons. The Balaban J connectivity index is 2.28. The van der Waals surface area contributed by atoms with Crippen LogP contribution in [0.2, 0.25) is 0 Å². The van der Waals surface area contributed by atoms with Crippen LogP contribution in [0.15, 0.2) is 46.9 Å². The molecule has 1 unspecified atom stereocenters. The second-order valence-corrected chi connectivity index (χ2v) is 5.42. The van der Waals surface area contributed by atoms with Crippen molar-refractivity contribution in [3.63, 3.8) is 0 Å². The van der Waals surface area contributed by atoms with Crippen LogP contribution in [0.5, 0.6) is 0 Å². The van der Waals surface area contributed by atoms with Gasteiger partial charge in [0, 0.05) is 0 Å². The number of hydrogen-bond acceptors (Lipinski definition) is 0. The Hall–Kier alpha value is -0.860. The summed E-state index contributed by atoms with van der Waals surface area (Å²) in [4.78, 5) is 0. The Morgan fingerprint density at radius 1 is 1.11 bits per heavy atom. The third-order valence-corrected chi connectivity index (χ3v) is 4.03. The zero-order valence-electron chi connectivity index (χ0n) is 9.96. The summed E-state index contributed by atoms with van der Waals surface area (Å²) in [7, 11) is 0. The quantitative estimate of drug-likeness (QED) is 0.655. The monoisotopic (exact) mass is 326 g/mol. The van der Waals surface area contributed by atoms with Gasteiger partial charge in [-0.15, -0.1) is 11.6 Å². The van der Waals surface area contributed by atoms with Gasteiger partial charge in [-0.05, 0) is 51.2 Å². The van der Waals surface area contributed by atoms with Crippen LogP contribution in [-0.2, 0) is 6.42 Å². The van der Waals surface area contributed by atoms with Gasteiger partial charge in [0.15, 0.2) is 0 Å². The highest BCUT2D eigenvalue weighted by Crippen LogP contribution is 2.31. The molecular formula is C15H13BrClF. The molecule has 0 N–H and O–H groups in total. The first-order valence-corrected chi connectivity index (χ1v) is 7.02. The van der Waals surface area contributed by atoms with E-state index in [1.165, 1.54) is 11.6 Å². The van der Waals surface area contributed by atoms with Crippen molar-refractivity contribution in [3.05, 3.63) is 69.4 Å². The maximum Gasteiger partial charge on any atom is 0.137 e. The number of benzene rings is 2. The van der Waals surface area contributed by atoms with Crippen molar-refractivity contribution in [2.45, 2.75) is 18.7 Å². The molecule has 0 saturated carbocycles. The van der Waals surface area contributed by atoms with Gasteiger partial charge in [-0.3, -0.25) is 0 Å². The van der Waals surface area contributed by atoms with Gasteiger partial charge < -0.3 is 0 Å². The van der Waals surface area contributed by atoms with Gasteiger partial charge in [0.2, 0.25) is 0 Å². The second kappa shape index (κ2) is 5.85. The lowest BCUT2D eigenvalue weighted by Crippen LogP contribution is -1.94. The minimum absolute atomic E-state index is 0.257. The predicted molar refractivity (Wildman–Crippen MR) is 77.6 cm³/mol. The Morgan fingerprint density at radius 2 is 1.72 bits per heavy atom. The van der Waals surface area contributed by atoms with Crippen LogP contribution < -0.4 is 0 Å². The van der Waals surface area contributed by atoms with Gasteiger partial charge >= 0.3 is 0 Å². The minimum atomic E-state index is -0.274. The van der Waals surface area contributed by atoms with E-state index in [0.29, 0.717) is 4.47 Å². The number of alkyl halides is 1. The Bertz CT molecular complexity index is 537. The zero-order valence-corrected chi connectivity index (χ0v) is 12.3. The van der Waals surface area contributed by atoms with Gasteiger partial charge in [0.25, 0.3) is 0 Å². The molecule has 0 nitrogen and oxygen atoms in total. The van der Waals surface area contributed by atoms with Crippen LogP contribution in [0.4, 0.5) is 4.39 Å². The lowest BCUT2D eigenvalue weighted by molar-refractivity contribution is 0.620. The molecule has 0 heterocycles. The molecular weight excluding hydrogens is 315 g/mol. The molecule has 0 spiro atoms.